The third-order valence-corrected chi connectivity index (χ3v) is 5.27. The van der Waals surface area contributed by atoms with Crippen molar-refractivity contribution in [3.05, 3.63) is 35.9 Å². The van der Waals surface area contributed by atoms with Crippen molar-refractivity contribution < 1.29 is 14.3 Å². The van der Waals surface area contributed by atoms with Crippen LogP contribution < -0.4 is 0 Å². The molecule has 0 bridgehead atoms. The summed E-state index contributed by atoms with van der Waals surface area (Å²) in [5.41, 5.74) is 1.13. The Hall–Kier alpha value is -1.92. The Morgan fingerprint density at radius 3 is 2.58 bits per heavy atom. The van der Waals surface area contributed by atoms with Crippen LogP contribution in [0.25, 0.3) is 0 Å². The molecular formula is C20H29N3O3. The molecule has 2 amide bonds. The van der Waals surface area contributed by atoms with Crippen LogP contribution in [0.2, 0.25) is 0 Å². The summed E-state index contributed by atoms with van der Waals surface area (Å²) >= 11 is 0. The highest BCUT2D eigenvalue weighted by Crippen LogP contribution is 2.18. The zero-order valence-electron chi connectivity index (χ0n) is 15.6. The summed E-state index contributed by atoms with van der Waals surface area (Å²) in [6.07, 6.45) is 1.25. The van der Waals surface area contributed by atoms with Gasteiger partial charge < -0.3 is 14.5 Å². The van der Waals surface area contributed by atoms with E-state index in [2.05, 4.69) is 11.8 Å². The van der Waals surface area contributed by atoms with Gasteiger partial charge in [-0.25, -0.2) is 0 Å². The highest BCUT2D eigenvalue weighted by atomic mass is 16.5. The summed E-state index contributed by atoms with van der Waals surface area (Å²) in [5, 5.41) is 0. The number of ether oxygens (including phenoxy) is 1. The van der Waals surface area contributed by atoms with Crippen LogP contribution in [0.3, 0.4) is 0 Å². The zero-order chi connectivity index (χ0) is 18.4. The molecule has 0 saturated carbocycles. The largest absolute Gasteiger partial charge is 0.379 e. The lowest BCUT2D eigenvalue weighted by Gasteiger charge is -2.33. The van der Waals surface area contributed by atoms with E-state index in [0.717, 1.165) is 25.1 Å². The van der Waals surface area contributed by atoms with Crippen molar-refractivity contribution in [1.29, 1.82) is 0 Å². The number of nitrogens with zero attached hydrogens (tertiary/aromatic N) is 3. The molecule has 2 fully saturated rings. The van der Waals surface area contributed by atoms with Gasteiger partial charge >= 0.3 is 0 Å². The predicted molar refractivity (Wildman–Crippen MR) is 99.5 cm³/mol. The van der Waals surface area contributed by atoms with Crippen LogP contribution in [-0.2, 0) is 20.9 Å². The maximum absolute atomic E-state index is 12.8. The lowest BCUT2D eigenvalue weighted by molar-refractivity contribution is -0.134. The fraction of sp³-hybridized carbons (Fsp3) is 0.600. The van der Waals surface area contributed by atoms with E-state index in [1.165, 1.54) is 0 Å². The molecule has 2 saturated heterocycles. The standard InChI is InChI=1S/C20H29N3O3/c1-2-18-15-22(20(25)16-21-10-12-26-13-11-21)9-8-19(24)23(18)14-17-6-4-3-5-7-17/h3-7,18H,2,8-16H2,1H3/t18-/m0/s1. The molecule has 0 radical (unpaired) electrons. The second kappa shape index (κ2) is 9.14. The summed E-state index contributed by atoms with van der Waals surface area (Å²) in [4.78, 5) is 31.5. The zero-order valence-corrected chi connectivity index (χ0v) is 15.6. The summed E-state index contributed by atoms with van der Waals surface area (Å²) in [6.45, 7) is 7.25. The molecule has 26 heavy (non-hydrogen) atoms. The van der Waals surface area contributed by atoms with Gasteiger partial charge in [-0.1, -0.05) is 37.3 Å². The quantitative estimate of drug-likeness (QED) is 0.797. The molecule has 6 nitrogen and oxygen atoms in total. The van der Waals surface area contributed by atoms with E-state index in [4.69, 9.17) is 4.74 Å². The lowest BCUT2D eigenvalue weighted by atomic mass is 10.1. The SMILES string of the molecule is CC[C@H]1CN(C(=O)CN2CCOCC2)CCC(=O)N1Cc1ccccc1. The first-order valence-electron chi connectivity index (χ1n) is 9.58. The number of morpholine rings is 1. The van der Waals surface area contributed by atoms with E-state index in [0.29, 0.717) is 45.8 Å². The average molecular weight is 359 g/mol. The average Bonchev–Trinajstić information content (AvgIpc) is 2.83. The first-order valence-corrected chi connectivity index (χ1v) is 9.58. The number of hydrogen-bond donors (Lipinski definition) is 0. The van der Waals surface area contributed by atoms with Gasteiger partial charge in [0.05, 0.1) is 19.8 Å². The van der Waals surface area contributed by atoms with Gasteiger partial charge in [-0.2, -0.15) is 0 Å². The minimum Gasteiger partial charge on any atom is -0.379 e. The van der Waals surface area contributed by atoms with E-state index in [1.807, 2.05) is 40.1 Å². The predicted octanol–water partition coefficient (Wildman–Crippen LogP) is 1.36. The second-order valence-corrected chi connectivity index (χ2v) is 7.05. The van der Waals surface area contributed by atoms with E-state index < -0.39 is 0 Å². The molecule has 0 N–H and O–H groups in total. The van der Waals surface area contributed by atoms with Crippen LogP contribution in [0, 0.1) is 0 Å². The molecule has 2 aliphatic heterocycles. The monoisotopic (exact) mass is 359 g/mol. The Bertz CT molecular complexity index is 602. The van der Waals surface area contributed by atoms with Crippen molar-refractivity contribution in [3.8, 4) is 0 Å². The molecule has 0 aliphatic carbocycles. The van der Waals surface area contributed by atoms with Gasteiger partial charge in [-0.05, 0) is 12.0 Å². The van der Waals surface area contributed by atoms with Gasteiger partial charge in [0.1, 0.15) is 0 Å². The smallest absolute Gasteiger partial charge is 0.236 e. The number of carbonyl (C=O) groups is 2. The van der Waals surface area contributed by atoms with Gasteiger partial charge in [0.15, 0.2) is 0 Å². The number of carbonyl (C=O) groups excluding carboxylic acids is 2. The molecule has 1 aromatic carbocycles. The van der Waals surface area contributed by atoms with E-state index in [-0.39, 0.29) is 17.9 Å². The third-order valence-electron chi connectivity index (χ3n) is 5.27. The Labute approximate surface area is 155 Å². The molecule has 1 atom stereocenters. The van der Waals surface area contributed by atoms with E-state index in [1.54, 1.807) is 0 Å². The summed E-state index contributed by atoms with van der Waals surface area (Å²) in [5.74, 6) is 0.266. The van der Waals surface area contributed by atoms with E-state index in [9.17, 15) is 9.59 Å². The topological polar surface area (TPSA) is 53.1 Å². The van der Waals surface area contributed by atoms with Crippen LogP contribution in [0.1, 0.15) is 25.3 Å². The highest BCUT2D eigenvalue weighted by molar-refractivity contribution is 5.81. The van der Waals surface area contributed by atoms with E-state index >= 15 is 0 Å². The van der Waals surface area contributed by atoms with Gasteiger partial charge in [-0.3, -0.25) is 14.5 Å². The van der Waals surface area contributed by atoms with Crippen molar-refractivity contribution in [2.24, 2.45) is 0 Å². The van der Waals surface area contributed by atoms with Crippen molar-refractivity contribution in [3.63, 3.8) is 0 Å². The molecule has 0 spiro atoms. The second-order valence-electron chi connectivity index (χ2n) is 7.05. The maximum atomic E-state index is 12.8. The van der Waals surface area contributed by atoms with Crippen molar-refractivity contribution in [2.75, 3.05) is 45.9 Å². The maximum Gasteiger partial charge on any atom is 0.236 e. The Morgan fingerprint density at radius 2 is 1.88 bits per heavy atom. The minimum absolute atomic E-state index is 0.0684. The molecule has 0 unspecified atom stereocenters. The van der Waals surface area contributed by atoms with Crippen LogP contribution in [0.4, 0.5) is 0 Å². The normalized spacial score (nSPS) is 22.3. The number of hydrogen-bond acceptors (Lipinski definition) is 4. The summed E-state index contributed by atoms with van der Waals surface area (Å²) in [6, 6.07) is 10.1. The van der Waals surface area contributed by atoms with Gasteiger partial charge in [0, 0.05) is 45.2 Å². The fourth-order valence-corrected chi connectivity index (χ4v) is 3.65. The summed E-state index contributed by atoms with van der Waals surface area (Å²) in [7, 11) is 0. The lowest BCUT2D eigenvalue weighted by Crippen LogP contribution is -2.48. The minimum atomic E-state index is 0.0684. The summed E-state index contributed by atoms with van der Waals surface area (Å²) < 4.78 is 5.35. The van der Waals surface area contributed by atoms with Crippen LogP contribution in [-0.4, -0.2) is 78.5 Å². The highest BCUT2D eigenvalue weighted by Gasteiger charge is 2.31. The molecule has 2 aliphatic rings. The molecule has 6 heteroatoms. The Morgan fingerprint density at radius 1 is 1.15 bits per heavy atom. The molecule has 0 aromatic heterocycles. The molecule has 3 rings (SSSR count). The van der Waals surface area contributed by atoms with Crippen molar-refractivity contribution in [1.82, 2.24) is 14.7 Å². The molecule has 2 heterocycles. The molecular weight excluding hydrogens is 330 g/mol. The number of amides is 2. The number of benzene rings is 1. The van der Waals surface area contributed by atoms with Gasteiger partial charge in [-0.15, -0.1) is 0 Å². The Balaban J connectivity index is 1.64. The molecule has 1 aromatic rings. The first kappa shape index (κ1) is 18.9. The first-order chi connectivity index (χ1) is 12.7. The van der Waals surface area contributed by atoms with Crippen LogP contribution >= 0.6 is 0 Å². The van der Waals surface area contributed by atoms with Gasteiger partial charge in [0.25, 0.3) is 0 Å². The van der Waals surface area contributed by atoms with Crippen molar-refractivity contribution in [2.45, 2.75) is 32.4 Å². The number of rotatable bonds is 5. The molecule has 142 valence electrons. The van der Waals surface area contributed by atoms with Crippen molar-refractivity contribution >= 4 is 11.8 Å². The third kappa shape index (κ3) is 4.83. The van der Waals surface area contributed by atoms with Gasteiger partial charge in [0.2, 0.25) is 11.8 Å². The Kier molecular flexibility index (Phi) is 6.63. The van der Waals surface area contributed by atoms with Crippen LogP contribution in [0.15, 0.2) is 30.3 Å². The van der Waals surface area contributed by atoms with Crippen LogP contribution in [0.5, 0.6) is 0 Å². The fourth-order valence-electron chi connectivity index (χ4n) is 3.65.